The van der Waals surface area contributed by atoms with Crippen molar-refractivity contribution in [3.8, 4) is 5.75 Å². The Morgan fingerprint density at radius 2 is 1.49 bits per heavy atom. The normalized spacial score (nSPS) is 19.9. The van der Waals surface area contributed by atoms with E-state index in [2.05, 4.69) is 31.4 Å². The Balaban J connectivity index is 0.00000353. The van der Waals surface area contributed by atoms with Gasteiger partial charge in [-0.3, -0.25) is 14.1 Å². The molecule has 10 heteroatoms. The van der Waals surface area contributed by atoms with Gasteiger partial charge in [0.05, 0.1) is 16.8 Å². The first-order valence-electron chi connectivity index (χ1n) is 12.5. The fourth-order valence-corrected chi connectivity index (χ4v) is 6.69. The van der Waals surface area contributed by atoms with Gasteiger partial charge in [-0.2, -0.15) is 8.42 Å². The molecule has 1 saturated carbocycles. The van der Waals surface area contributed by atoms with E-state index in [-0.39, 0.29) is 69.4 Å². The molecule has 39 heavy (non-hydrogen) atoms. The Bertz CT molecular complexity index is 1580. The first-order valence-corrected chi connectivity index (χ1v) is 14.0. The largest absolute Gasteiger partial charge is 0.506 e. The summed E-state index contributed by atoms with van der Waals surface area (Å²) in [6.45, 7) is 6.70. The second-order valence-corrected chi connectivity index (χ2v) is 12.5. The summed E-state index contributed by atoms with van der Waals surface area (Å²) in [5.74, 6) is -0.691. The van der Waals surface area contributed by atoms with Crippen LogP contribution >= 0.6 is 0 Å². The van der Waals surface area contributed by atoms with Gasteiger partial charge in [-0.1, -0.05) is 45.0 Å². The van der Waals surface area contributed by atoms with Gasteiger partial charge in [0.1, 0.15) is 10.6 Å². The van der Waals surface area contributed by atoms with Crippen molar-refractivity contribution in [2.24, 2.45) is 11.3 Å². The van der Waals surface area contributed by atoms with Crippen LogP contribution in [0, 0.1) is 11.3 Å². The zero-order valence-electron chi connectivity index (χ0n) is 22.4. The smallest absolute Gasteiger partial charge is 0.298 e. The molecule has 0 saturated heterocycles. The van der Waals surface area contributed by atoms with Gasteiger partial charge < -0.3 is 15.7 Å². The Hall–Kier alpha value is -2.69. The van der Waals surface area contributed by atoms with E-state index in [1.165, 1.54) is 6.07 Å². The minimum Gasteiger partial charge on any atom is -0.506 e. The van der Waals surface area contributed by atoms with E-state index in [4.69, 9.17) is 0 Å². The van der Waals surface area contributed by atoms with Crippen LogP contribution in [0.15, 0.2) is 59.5 Å². The number of aromatic hydroxyl groups is 1. The van der Waals surface area contributed by atoms with Gasteiger partial charge in [0, 0.05) is 58.1 Å². The van der Waals surface area contributed by atoms with Crippen molar-refractivity contribution in [3.05, 3.63) is 76.9 Å². The van der Waals surface area contributed by atoms with Crippen molar-refractivity contribution in [2.75, 3.05) is 10.6 Å². The van der Waals surface area contributed by atoms with Gasteiger partial charge >= 0.3 is 0 Å². The molecule has 2 aliphatic carbocycles. The quantitative estimate of drug-likeness (QED) is 0.146. The second kappa shape index (κ2) is 10.7. The zero-order valence-corrected chi connectivity index (χ0v) is 25.2. The number of phenols is 1. The number of ketones is 2. The summed E-state index contributed by atoms with van der Waals surface area (Å²) in [5, 5.41) is 16.5. The summed E-state index contributed by atoms with van der Waals surface area (Å²) in [6, 6.07) is 13.9. The molecule has 199 valence electrons. The van der Waals surface area contributed by atoms with Crippen molar-refractivity contribution in [1.82, 2.24) is 0 Å². The van der Waals surface area contributed by atoms with Crippen molar-refractivity contribution in [1.29, 1.82) is 0 Å². The van der Waals surface area contributed by atoms with Crippen LogP contribution in [-0.4, -0.2) is 65.2 Å². The van der Waals surface area contributed by atoms with Crippen molar-refractivity contribution >= 4 is 68.3 Å². The predicted octanol–water partition coefficient (Wildman–Crippen LogP) is 5.40. The number of benzene rings is 3. The molecule has 0 aromatic heterocycles. The van der Waals surface area contributed by atoms with Gasteiger partial charge in [-0.25, -0.2) is 0 Å². The van der Waals surface area contributed by atoms with Gasteiger partial charge in [-0.15, -0.1) is 0 Å². The fraction of sp³-hybridized carbons (Fsp3) is 0.310. The summed E-state index contributed by atoms with van der Waals surface area (Å²) in [4.78, 5) is 26.9. The molecule has 0 bridgehead atoms. The topological polar surface area (TPSA) is 133 Å². The van der Waals surface area contributed by atoms with Crippen LogP contribution < -0.4 is 10.6 Å². The van der Waals surface area contributed by atoms with Crippen LogP contribution in [0.25, 0.3) is 0 Å². The number of hydrogen-bond donors (Lipinski definition) is 4. The number of phenolic OH excluding ortho intramolecular Hbond substituents is 1. The molecule has 0 spiro atoms. The third-order valence-electron chi connectivity index (χ3n) is 7.34. The average Bonchev–Trinajstić information content (AvgIpc) is 2.82. The molecule has 8 nitrogen and oxygen atoms in total. The van der Waals surface area contributed by atoms with Gasteiger partial charge in [0.25, 0.3) is 10.1 Å². The maximum Gasteiger partial charge on any atom is 0.298 e. The van der Waals surface area contributed by atoms with Crippen LogP contribution in [0.5, 0.6) is 5.75 Å². The van der Waals surface area contributed by atoms with E-state index in [0.29, 0.717) is 28.4 Å². The van der Waals surface area contributed by atoms with Gasteiger partial charge in [-0.05, 0) is 60.9 Å². The molecule has 5 rings (SSSR count). The van der Waals surface area contributed by atoms with Crippen LogP contribution in [0.1, 0.15) is 71.9 Å². The molecule has 2 atom stereocenters. The molecule has 2 unspecified atom stereocenters. The number of fused-ring (bicyclic) bond motifs is 2. The summed E-state index contributed by atoms with van der Waals surface area (Å²) >= 11 is 0. The minimum atomic E-state index is -4.68. The van der Waals surface area contributed by atoms with Crippen LogP contribution in [-0.2, 0) is 10.1 Å². The summed E-state index contributed by atoms with van der Waals surface area (Å²) < 4.78 is 32.8. The molecule has 4 N–H and O–H groups in total. The standard InChI is InChI=1S/C29H30N2O6S.Na/c1-16-12-18(15-29(2,3)14-16)31-22-10-9-21(30-17-8-11-23(32)24(13-17)38(35,36)37)25-26(22)28(34)20-7-5-4-6-19(20)27(25)33;/h4-11,13,16,18,30-32H,12,14-15H2,1-3H3,(H,35,36,37);. The summed E-state index contributed by atoms with van der Waals surface area (Å²) in [5.41, 5.74) is 2.32. The van der Waals surface area contributed by atoms with E-state index in [9.17, 15) is 27.7 Å². The third-order valence-corrected chi connectivity index (χ3v) is 8.22. The molecular weight excluding hydrogens is 527 g/mol. The Morgan fingerprint density at radius 3 is 2.08 bits per heavy atom. The number of anilines is 3. The van der Waals surface area contributed by atoms with E-state index in [1.54, 1.807) is 36.4 Å². The summed E-state index contributed by atoms with van der Waals surface area (Å²) in [7, 11) is -4.68. The summed E-state index contributed by atoms with van der Waals surface area (Å²) in [6.07, 6.45) is 2.99. The average molecular weight is 558 g/mol. The molecule has 2 aliphatic rings. The maximum atomic E-state index is 13.8. The van der Waals surface area contributed by atoms with E-state index < -0.39 is 20.8 Å². The van der Waals surface area contributed by atoms with E-state index >= 15 is 0 Å². The van der Waals surface area contributed by atoms with Gasteiger partial charge in [0.2, 0.25) is 0 Å². The van der Waals surface area contributed by atoms with Crippen molar-refractivity contribution < 1.29 is 27.7 Å². The first-order chi connectivity index (χ1) is 17.8. The molecule has 3 aromatic rings. The maximum absolute atomic E-state index is 13.8. The molecule has 1 radical (unpaired) electrons. The Morgan fingerprint density at radius 1 is 0.897 bits per heavy atom. The monoisotopic (exact) mass is 557 g/mol. The number of hydrogen-bond acceptors (Lipinski definition) is 7. The molecule has 0 aliphatic heterocycles. The van der Waals surface area contributed by atoms with E-state index in [1.807, 2.05) is 0 Å². The number of nitrogens with one attached hydrogen (secondary N) is 2. The fourth-order valence-electron chi connectivity index (χ4n) is 6.08. The predicted molar refractivity (Wildman–Crippen MR) is 151 cm³/mol. The molecule has 3 aromatic carbocycles. The number of carbonyl (C=O) groups is 2. The number of carbonyl (C=O) groups excluding carboxylic acids is 2. The first kappa shape index (κ1) is 29.3. The molecule has 0 heterocycles. The SMILES string of the molecule is CC1CC(Nc2ccc(Nc3ccc(O)c(S(=O)(=O)O)c3)c3c2C(=O)c2ccccc2C3=O)CC(C)(C)C1.[Na]. The Labute approximate surface area is 250 Å². The zero-order chi connectivity index (χ0) is 27.4. The van der Waals surface area contributed by atoms with Gasteiger partial charge in [0.15, 0.2) is 11.6 Å². The van der Waals surface area contributed by atoms with Crippen LogP contribution in [0.4, 0.5) is 17.1 Å². The van der Waals surface area contributed by atoms with Crippen LogP contribution in [0.2, 0.25) is 0 Å². The van der Waals surface area contributed by atoms with E-state index in [0.717, 1.165) is 31.4 Å². The number of rotatable bonds is 5. The second-order valence-electron chi connectivity index (χ2n) is 11.2. The van der Waals surface area contributed by atoms with Crippen molar-refractivity contribution in [3.63, 3.8) is 0 Å². The minimum absolute atomic E-state index is 0. The molecule has 0 amide bonds. The third kappa shape index (κ3) is 5.78. The van der Waals surface area contributed by atoms with Crippen molar-refractivity contribution in [2.45, 2.75) is 51.0 Å². The molecular formula is C29H30N2NaO6S. The Kier molecular flexibility index (Phi) is 8.04. The molecule has 1 fully saturated rings. The van der Waals surface area contributed by atoms with Crippen LogP contribution in [0.3, 0.4) is 0 Å².